The van der Waals surface area contributed by atoms with Gasteiger partial charge in [-0.25, -0.2) is 4.39 Å². The molecule has 0 aliphatic rings. The fourth-order valence-corrected chi connectivity index (χ4v) is 2.34. The van der Waals surface area contributed by atoms with E-state index in [9.17, 15) is 4.39 Å². The van der Waals surface area contributed by atoms with Gasteiger partial charge in [0, 0.05) is 17.3 Å². The molecule has 0 radical (unpaired) electrons. The van der Waals surface area contributed by atoms with Crippen LogP contribution in [-0.4, -0.2) is 23.4 Å². The van der Waals surface area contributed by atoms with Gasteiger partial charge >= 0.3 is 0 Å². The van der Waals surface area contributed by atoms with E-state index in [0.717, 1.165) is 23.4 Å². The fraction of sp³-hybridized carbons (Fsp3) is 0.400. The Labute approximate surface area is 118 Å². The zero-order valence-corrected chi connectivity index (χ0v) is 12.1. The van der Waals surface area contributed by atoms with Crippen LogP contribution in [-0.2, 0) is 13.0 Å². The van der Waals surface area contributed by atoms with Crippen molar-refractivity contribution in [3.05, 3.63) is 46.5 Å². The third-order valence-corrected chi connectivity index (χ3v) is 3.51. The van der Waals surface area contributed by atoms with Crippen LogP contribution in [0, 0.1) is 19.7 Å². The summed E-state index contributed by atoms with van der Waals surface area (Å²) in [6, 6.07) is 4.87. The lowest BCUT2D eigenvalue weighted by Crippen LogP contribution is -2.07. The van der Waals surface area contributed by atoms with Crippen molar-refractivity contribution in [3.63, 3.8) is 0 Å². The van der Waals surface area contributed by atoms with Gasteiger partial charge in [-0.3, -0.25) is 4.68 Å². The van der Waals surface area contributed by atoms with Crippen molar-refractivity contribution in [3.8, 4) is 5.75 Å². The third kappa shape index (κ3) is 2.82. The largest absolute Gasteiger partial charge is 0.497 e. The van der Waals surface area contributed by atoms with E-state index in [4.69, 9.17) is 10.5 Å². The number of rotatable bonds is 5. The van der Waals surface area contributed by atoms with Crippen molar-refractivity contribution in [2.24, 2.45) is 5.73 Å². The van der Waals surface area contributed by atoms with E-state index in [1.807, 2.05) is 18.5 Å². The predicted molar refractivity (Wildman–Crippen MR) is 76.5 cm³/mol. The molecule has 0 fully saturated rings. The molecule has 1 heterocycles. The zero-order chi connectivity index (χ0) is 14.7. The molecule has 0 saturated carbocycles. The standard InChI is InChI=1S/C15H20FN3O/c1-10-14(6-7-17)11(2)19(18-10)9-12-4-5-13(20-3)8-15(12)16/h4-5,8H,6-7,9,17H2,1-3H3. The van der Waals surface area contributed by atoms with E-state index in [2.05, 4.69) is 5.10 Å². The second kappa shape index (κ2) is 6.05. The Balaban J connectivity index is 2.28. The Morgan fingerprint density at radius 2 is 2.10 bits per heavy atom. The van der Waals surface area contributed by atoms with Crippen LogP contribution in [0.15, 0.2) is 18.2 Å². The van der Waals surface area contributed by atoms with Crippen LogP contribution in [0.1, 0.15) is 22.5 Å². The number of aryl methyl sites for hydroxylation is 1. The fourth-order valence-electron chi connectivity index (χ4n) is 2.34. The van der Waals surface area contributed by atoms with Crippen LogP contribution in [0.2, 0.25) is 0 Å². The summed E-state index contributed by atoms with van der Waals surface area (Å²) in [5.74, 6) is 0.237. The van der Waals surface area contributed by atoms with Gasteiger partial charge < -0.3 is 10.5 Å². The molecule has 0 bridgehead atoms. The number of nitrogens with two attached hydrogens (primary N) is 1. The van der Waals surface area contributed by atoms with Crippen LogP contribution in [0.25, 0.3) is 0 Å². The lowest BCUT2D eigenvalue weighted by molar-refractivity contribution is 0.410. The molecule has 0 spiro atoms. The summed E-state index contributed by atoms with van der Waals surface area (Å²) in [5, 5.41) is 4.47. The van der Waals surface area contributed by atoms with E-state index in [1.165, 1.54) is 13.2 Å². The van der Waals surface area contributed by atoms with Crippen LogP contribution >= 0.6 is 0 Å². The normalized spacial score (nSPS) is 10.8. The molecule has 2 N–H and O–H groups in total. The van der Waals surface area contributed by atoms with Crippen LogP contribution in [0.5, 0.6) is 5.75 Å². The minimum atomic E-state index is -0.280. The topological polar surface area (TPSA) is 53.1 Å². The van der Waals surface area contributed by atoms with Gasteiger partial charge in [-0.2, -0.15) is 5.10 Å². The number of methoxy groups -OCH3 is 1. The van der Waals surface area contributed by atoms with E-state index < -0.39 is 0 Å². The first kappa shape index (κ1) is 14.5. The molecule has 108 valence electrons. The summed E-state index contributed by atoms with van der Waals surface area (Å²) >= 11 is 0. The van der Waals surface area contributed by atoms with Crippen LogP contribution in [0.4, 0.5) is 4.39 Å². The second-order valence-corrected chi connectivity index (χ2v) is 4.80. The van der Waals surface area contributed by atoms with Crippen molar-refractivity contribution >= 4 is 0 Å². The molecule has 0 aliphatic carbocycles. The highest BCUT2D eigenvalue weighted by Gasteiger charge is 2.12. The number of hydrogen-bond acceptors (Lipinski definition) is 3. The van der Waals surface area contributed by atoms with E-state index >= 15 is 0 Å². The van der Waals surface area contributed by atoms with Gasteiger partial charge in [0.05, 0.1) is 19.3 Å². The first-order valence-electron chi connectivity index (χ1n) is 6.62. The average Bonchev–Trinajstić information content (AvgIpc) is 2.69. The Kier molecular flexibility index (Phi) is 4.39. The predicted octanol–water partition coefficient (Wildman–Crippen LogP) is 2.20. The van der Waals surface area contributed by atoms with Gasteiger partial charge in [0.25, 0.3) is 0 Å². The van der Waals surface area contributed by atoms with E-state index in [0.29, 0.717) is 24.4 Å². The van der Waals surface area contributed by atoms with Crippen molar-refractivity contribution in [1.29, 1.82) is 0 Å². The maximum atomic E-state index is 14.0. The van der Waals surface area contributed by atoms with Crippen molar-refractivity contribution in [2.75, 3.05) is 13.7 Å². The molecular formula is C15H20FN3O. The van der Waals surface area contributed by atoms with Gasteiger partial charge in [0.15, 0.2) is 0 Å². The number of benzene rings is 1. The lowest BCUT2D eigenvalue weighted by atomic mass is 10.1. The number of aromatic nitrogens is 2. The molecule has 20 heavy (non-hydrogen) atoms. The highest BCUT2D eigenvalue weighted by Crippen LogP contribution is 2.19. The summed E-state index contributed by atoms with van der Waals surface area (Å²) in [6.45, 7) is 4.95. The third-order valence-electron chi connectivity index (χ3n) is 3.51. The van der Waals surface area contributed by atoms with Gasteiger partial charge in [-0.05, 0) is 38.4 Å². The maximum absolute atomic E-state index is 14.0. The van der Waals surface area contributed by atoms with Crippen LogP contribution in [0.3, 0.4) is 0 Å². The second-order valence-electron chi connectivity index (χ2n) is 4.80. The Bertz CT molecular complexity index is 607. The van der Waals surface area contributed by atoms with Crippen LogP contribution < -0.4 is 10.5 Å². The molecule has 1 aromatic heterocycles. The molecule has 0 unspecified atom stereocenters. The summed E-state index contributed by atoms with van der Waals surface area (Å²) in [6.07, 6.45) is 0.794. The first-order chi connectivity index (χ1) is 9.56. The van der Waals surface area contributed by atoms with Crippen molar-refractivity contribution in [1.82, 2.24) is 9.78 Å². The molecule has 5 heteroatoms. The number of ether oxygens (including phenoxy) is 1. The van der Waals surface area contributed by atoms with Gasteiger partial charge in [0.1, 0.15) is 11.6 Å². The molecule has 2 rings (SSSR count). The first-order valence-corrected chi connectivity index (χ1v) is 6.62. The summed E-state index contributed by atoms with van der Waals surface area (Å²) in [4.78, 5) is 0. The van der Waals surface area contributed by atoms with E-state index in [1.54, 1.807) is 12.1 Å². The molecule has 2 aromatic rings. The zero-order valence-electron chi connectivity index (χ0n) is 12.1. The minimum Gasteiger partial charge on any atom is -0.497 e. The highest BCUT2D eigenvalue weighted by molar-refractivity contribution is 5.30. The van der Waals surface area contributed by atoms with E-state index in [-0.39, 0.29) is 5.82 Å². The summed E-state index contributed by atoms with van der Waals surface area (Å²) < 4.78 is 20.8. The monoisotopic (exact) mass is 277 g/mol. The minimum absolute atomic E-state index is 0.280. The van der Waals surface area contributed by atoms with Crippen molar-refractivity contribution < 1.29 is 9.13 Å². The SMILES string of the molecule is COc1ccc(Cn2nc(C)c(CCN)c2C)c(F)c1. The number of hydrogen-bond donors (Lipinski definition) is 1. The molecule has 4 nitrogen and oxygen atoms in total. The quantitative estimate of drug-likeness (QED) is 0.911. The Morgan fingerprint density at radius 3 is 2.70 bits per heavy atom. The summed E-state index contributed by atoms with van der Waals surface area (Å²) in [5.41, 5.74) is 9.36. The number of nitrogens with zero attached hydrogens (tertiary/aromatic N) is 2. The summed E-state index contributed by atoms with van der Waals surface area (Å²) in [7, 11) is 1.52. The molecule has 0 amide bonds. The van der Waals surface area contributed by atoms with Crippen molar-refractivity contribution in [2.45, 2.75) is 26.8 Å². The molecule has 0 aliphatic heterocycles. The molecule has 1 aromatic carbocycles. The molecule has 0 saturated heterocycles. The maximum Gasteiger partial charge on any atom is 0.131 e. The van der Waals surface area contributed by atoms with Gasteiger partial charge in [0.2, 0.25) is 0 Å². The molecule has 0 atom stereocenters. The van der Waals surface area contributed by atoms with Gasteiger partial charge in [-0.15, -0.1) is 0 Å². The smallest absolute Gasteiger partial charge is 0.131 e. The van der Waals surface area contributed by atoms with Gasteiger partial charge in [-0.1, -0.05) is 6.07 Å². The lowest BCUT2D eigenvalue weighted by Gasteiger charge is -2.08. The Morgan fingerprint density at radius 1 is 1.35 bits per heavy atom. The highest BCUT2D eigenvalue weighted by atomic mass is 19.1. The number of halogens is 1. The Hall–Kier alpha value is -1.88. The average molecular weight is 277 g/mol. The molecular weight excluding hydrogens is 257 g/mol.